The van der Waals surface area contributed by atoms with Crippen LogP contribution in [0.5, 0.6) is 0 Å². The number of amides is 1. The number of nitrogens with zero attached hydrogens (tertiary/aromatic N) is 1. The van der Waals surface area contributed by atoms with Gasteiger partial charge in [-0.05, 0) is 13.0 Å². The predicted octanol–water partition coefficient (Wildman–Crippen LogP) is 0.596. The summed E-state index contributed by atoms with van der Waals surface area (Å²) in [6.07, 6.45) is 4.44. The van der Waals surface area contributed by atoms with Crippen LogP contribution in [-0.4, -0.2) is 29.6 Å². The molecule has 0 bridgehead atoms. The molecule has 2 rings (SSSR count). The number of rotatable bonds is 2. The molecule has 1 aliphatic rings. The van der Waals surface area contributed by atoms with Crippen molar-refractivity contribution in [2.45, 2.75) is 31.8 Å². The fourth-order valence-electron chi connectivity index (χ4n) is 1.91. The Kier molecular flexibility index (Phi) is 5.53. The van der Waals surface area contributed by atoms with E-state index >= 15 is 0 Å². The number of pyridine rings is 1. The molecule has 0 spiro atoms. The van der Waals surface area contributed by atoms with Crippen molar-refractivity contribution in [1.82, 2.24) is 0 Å². The maximum Gasteiger partial charge on any atom is 0.289 e. The van der Waals surface area contributed by atoms with Crippen LogP contribution in [0.25, 0.3) is 0 Å². The highest BCUT2D eigenvalue weighted by molar-refractivity contribution is 6.15. The Morgan fingerprint density at radius 3 is 2.78 bits per heavy atom. The first kappa shape index (κ1) is 14.9. The molecule has 3 N–H and O–H groups in total. The lowest BCUT2D eigenvalue weighted by atomic mass is 10.2. The lowest BCUT2D eigenvalue weighted by Crippen LogP contribution is -2.44. The molecular formula is C12H18ClN2O3+. The van der Waals surface area contributed by atoms with Gasteiger partial charge in [0, 0.05) is 18.9 Å². The number of halogens is 1. The molecule has 3 unspecified atom stereocenters. The summed E-state index contributed by atoms with van der Waals surface area (Å²) in [5.74, 6) is -0.491. The summed E-state index contributed by atoms with van der Waals surface area (Å²) in [5, 5.41) is 9.78. The van der Waals surface area contributed by atoms with E-state index in [1.165, 1.54) is 6.38 Å². The number of ether oxygens (including phenoxy) is 1. The van der Waals surface area contributed by atoms with Crippen LogP contribution < -0.4 is 10.3 Å². The highest BCUT2D eigenvalue weighted by Crippen LogP contribution is 2.23. The van der Waals surface area contributed by atoms with Gasteiger partial charge in [0.2, 0.25) is 0 Å². The number of carbonyl (C=O) groups excluding carboxylic acids is 1. The Morgan fingerprint density at radius 1 is 1.61 bits per heavy atom. The highest BCUT2D eigenvalue weighted by atomic mass is 35.5. The van der Waals surface area contributed by atoms with E-state index in [1.54, 1.807) is 29.1 Å². The number of hydrogen-bond donors (Lipinski definition) is 2. The van der Waals surface area contributed by atoms with Crippen LogP contribution in [0, 0.1) is 0 Å². The Bertz CT molecular complexity index is 414. The SMILES string of the molecule is CC1CC(O)C([n+]2cccc(C(N)=O)c2)O1.CCl. The molecule has 0 radical (unpaired) electrons. The molecule has 1 aromatic heterocycles. The van der Waals surface area contributed by atoms with Crippen LogP contribution in [0.1, 0.15) is 29.9 Å². The van der Waals surface area contributed by atoms with Gasteiger partial charge in [0.1, 0.15) is 11.7 Å². The van der Waals surface area contributed by atoms with E-state index in [1.807, 2.05) is 6.92 Å². The number of alkyl halides is 1. The quantitative estimate of drug-likeness (QED) is 0.612. The fraction of sp³-hybridized carbons (Fsp3) is 0.500. The first-order valence-electron chi connectivity index (χ1n) is 5.60. The van der Waals surface area contributed by atoms with Gasteiger partial charge in [0.25, 0.3) is 12.1 Å². The third-order valence-corrected chi connectivity index (χ3v) is 2.67. The van der Waals surface area contributed by atoms with E-state index in [-0.39, 0.29) is 6.10 Å². The third-order valence-electron chi connectivity index (χ3n) is 2.67. The molecule has 0 aliphatic carbocycles. The summed E-state index contributed by atoms with van der Waals surface area (Å²) in [7, 11) is 0. The summed E-state index contributed by atoms with van der Waals surface area (Å²) in [4.78, 5) is 11.0. The molecule has 0 aromatic carbocycles. The van der Waals surface area contributed by atoms with E-state index in [0.717, 1.165) is 0 Å². The normalized spacial score (nSPS) is 26.3. The van der Waals surface area contributed by atoms with Crippen LogP contribution in [0.2, 0.25) is 0 Å². The Balaban J connectivity index is 0.000000771. The summed E-state index contributed by atoms with van der Waals surface area (Å²) in [5.41, 5.74) is 5.59. The van der Waals surface area contributed by atoms with Gasteiger partial charge >= 0.3 is 0 Å². The van der Waals surface area contributed by atoms with Crippen LogP contribution in [0.15, 0.2) is 24.5 Å². The number of hydrogen-bond acceptors (Lipinski definition) is 3. The average molecular weight is 274 g/mol. The smallest absolute Gasteiger partial charge is 0.289 e. The van der Waals surface area contributed by atoms with Gasteiger partial charge in [0.15, 0.2) is 12.4 Å². The lowest BCUT2D eigenvalue weighted by Gasteiger charge is -2.09. The van der Waals surface area contributed by atoms with Crippen LogP contribution in [-0.2, 0) is 4.74 Å². The molecule has 5 nitrogen and oxygen atoms in total. The Hall–Kier alpha value is -1.17. The van der Waals surface area contributed by atoms with Crippen LogP contribution in [0.4, 0.5) is 0 Å². The third kappa shape index (κ3) is 3.41. The summed E-state index contributed by atoms with van der Waals surface area (Å²) in [6, 6.07) is 3.34. The summed E-state index contributed by atoms with van der Waals surface area (Å²) in [6.45, 7) is 1.90. The molecule has 1 fully saturated rings. The number of primary amides is 1. The number of aliphatic hydroxyl groups is 1. The van der Waals surface area contributed by atoms with E-state index in [4.69, 9.17) is 10.5 Å². The van der Waals surface area contributed by atoms with Gasteiger partial charge in [-0.25, -0.2) is 0 Å². The Labute approximate surface area is 111 Å². The van der Waals surface area contributed by atoms with Crippen molar-refractivity contribution in [2.24, 2.45) is 5.73 Å². The maximum absolute atomic E-state index is 11.0. The molecular weight excluding hydrogens is 256 g/mol. The fourth-order valence-corrected chi connectivity index (χ4v) is 1.91. The van der Waals surface area contributed by atoms with E-state index in [2.05, 4.69) is 11.6 Å². The minimum absolute atomic E-state index is 0.0183. The topological polar surface area (TPSA) is 76.4 Å². The predicted molar refractivity (Wildman–Crippen MR) is 67.1 cm³/mol. The number of aromatic nitrogens is 1. The molecule has 1 saturated heterocycles. The molecule has 1 amide bonds. The second-order valence-corrected chi connectivity index (χ2v) is 4.04. The second-order valence-electron chi connectivity index (χ2n) is 4.04. The van der Waals surface area contributed by atoms with Gasteiger partial charge in [0.05, 0.1) is 6.10 Å². The second kappa shape index (κ2) is 6.68. The number of aliphatic hydroxyl groups excluding tert-OH is 1. The molecule has 0 saturated carbocycles. The molecule has 3 atom stereocenters. The molecule has 1 aromatic rings. The maximum atomic E-state index is 11.0. The molecule has 2 heterocycles. The van der Waals surface area contributed by atoms with Gasteiger partial charge in [-0.2, -0.15) is 4.57 Å². The zero-order chi connectivity index (χ0) is 13.7. The van der Waals surface area contributed by atoms with Crippen LogP contribution in [0.3, 0.4) is 0 Å². The van der Waals surface area contributed by atoms with Gasteiger partial charge in [-0.15, -0.1) is 11.6 Å². The minimum Gasteiger partial charge on any atom is -0.383 e. The largest absolute Gasteiger partial charge is 0.383 e. The first-order chi connectivity index (χ1) is 8.58. The average Bonchev–Trinajstić information content (AvgIpc) is 2.71. The monoisotopic (exact) mass is 273 g/mol. The van der Waals surface area contributed by atoms with Crippen molar-refractivity contribution in [2.75, 3.05) is 6.38 Å². The van der Waals surface area contributed by atoms with Gasteiger partial charge < -0.3 is 15.6 Å². The summed E-state index contributed by atoms with van der Waals surface area (Å²) >= 11 is 4.64. The van der Waals surface area contributed by atoms with E-state index in [0.29, 0.717) is 12.0 Å². The lowest BCUT2D eigenvalue weighted by molar-refractivity contribution is -0.765. The minimum atomic E-state index is -0.553. The van der Waals surface area contributed by atoms with Gasteiger partial charge in [-0.1, -0.05) is 0 Å². The molecule has 1 aliphatic heterocycles. The van der Waals surface area contributed by atoms with E-state index in [9.17, 15) is 9.90 Å². The van der Waals surface area contributed by atoms with Crippen molar-refractivity contribution in [3.63, 3.8) is 0 Å². The number of nitrogens with two attached hydrogens (primary N) is 1. The number of carbonyl (C=O) groups is 1. The van der Waals surface area contributed by atoms with Gasteiger partial charge in [-0.3, -0.25) is 4.79 Å². The highest BCUT2D eigenvalue weighted by Gasteiger charge is 2.38. The van der Waals surface area contributed by atoms with Crippen molar-refractivity contribution in [3.05, 3.63) is 30.1 Å². The van der Waals surface area contributed by atoms with Crippen LogP contribution >= 0.6 is 11.6 Å². The first-order valence-corrected chi connectivity index (χ1v) is 6.35. The summed E-state index contributed by atoms with van der Waals surface area (Å²) < 4.78 is 7.23. The standard InChI is InChI=1S/C11H14N2O3.CH3Cl/c1-7-5-9(14)11(16-7)13-4-2-3-8(6-13)10(12)15;1-2/h2-4,6-7,9,11,14H,5H2,1H3,(H-,12,15);1H3/p+1. The van der Waals surface area contributed by atoms with Crippen molar-refractivity contribution in [3.8, 4) is 0 Å². The molecule has 18 heavy (non-hydrogen) atoms. The zero-order valence-corrected chi connectivity index (χ0v) is 11.2. The van der Waals surface area contributed by atoms with Crippen molar-refractivity contribution in [1.29, 1.82) is 0 Å². The van der Waals surface area contributed by atoms with Crippen molar-refractivity contribution < 1.29 is 19.2 Å². The van der Waals surface area contributed by atoms with Crippen molar-refractivity contribution >= 4 is 17.5 Å². The van der Waals surface area contributed by atoms with E-state index < -0.39 is 18.2 Å². The molecule has 100 valence electrons. The zero-order valence-electron chi connectivity index (χ0n) is 10.4. The molecule has 6 heteroatoms. The Morgan fingerprint density at radius 2 is 2.28 bits per heavy atom.